The molecule has 0 N–H and O–H groups in total. The lowest BCUT2D eigenvalue weighted by Gasteiger charge is -2.34. The predicted molar refractivity (Wildman–Crippen MR) is 251 cm³/mol. The fourth-order valence-corrected chi connectivity index (χ4v) is 10.2. The van der Waals surface area contributed by atoms with Gasteiger partial charge < -0.3 is 28.7 Å². The fourth-order valence-electron chi connectivity index (χ4n) is 8.81. The molecular formula is C49H54ClFN8O5S. The maximum Gasteiger partial charge on any atom is 0.347 e. The van der Waals surface area contributed by atoms with Gasteiger partial charge in [0.25, 0.3) is 0 Å². The summed E-state index contributed by atoms with van der Waals surface area (Å²) in [6.45, 7) is 15.2. The number of anilines is 1. The highest BCUT2D eigenvalue weighted by Crippen LogP contribution is 2.49. The third-order valence-corrected chi connectivity index (χ3v) is 14.1. The lowest BCUT2D eigenvalue weighted by Crippen LogP contribution is -2.46. The van der Waals surface area contributed by atoms with Crippen LogP contribution in [-0.4, -0.2) is 125 Å². The van der Waals surface area contributed by atoms with Gasteiger partial charge in [-0.1, -0.05) is 48.0 Å². The van der Waals surface area contributed by atoms with E-state index in [-0.39, 0.29) is 37.4 Å². The highest BCUT2D eigenvalue weighted by molar-refractivity contribution is 7.22. The largest absolute Gasteiger partial charge is 0.487 e. The summed E-state index contributed by atoms with van der Waals surface area (Å²) in [7, 11) is 2.17. The second kappa shape index (κ2) is 20.1. The third kappa shape index (κ3) is 10.1. The average molecular weight is 922 g/mol. The number of benzene rings is 3. The van der Waals surface area contributed by atoms with Crippen LogP contribution in [0.1, 0.15) is 41.8 Å². The van der Waals surface area contributed by atoms with E-state index in [0.29, 0.717) is 59.8 Å². The van der Waals surface area contributed by atoms with Crippen molar-refractivity contribution < 1.29 is 28.1 Å². The quantitative estimate of drug-likeness (QED) is 0.124. The molecule has 340 valence electrons. The normalized spacial score (nSPS) is 18.8. The van der Waals surface area contributed by atoms with E-state index in [2.05, 4.69) is 67.8 Å². The monoisotopic (exact) mass is 920 g/mol. The molecule has 16 heteroatoms. The molecule has 7 heterocycles. The van der Waals surface area contributed by atoms with Crippen LogP contribution in [0.2, 0.25) is 5.02 Å². The Morgan fingerprint density at radius 3 is 2.57 bits per heavy atom. The van der Waals surface area contributed by atoms with Gasteiger partial charge in [0, 0.05) is 87.0 Å². The number of morpholine rings is 1. The number of aromatic nitrogens is 4. The lowest BCUT2D eigenvalue weighted by atomic mass is 9.94. The maximum atomic E-state index is 14.3. The fraction of sp³-hybridized carbons (Fsp3) is 0.408. The smallest absolute Gasteiger partial charge is 0.347 e. The number of hydrogen-bond acceptors (Lipinski definition) is 14. The van der Waals surface area contributed by atoms with Gasteiger partial charge in [0.1, 0.15) is 29.3 Å². The standard InChI is InChI=1S/C49H54ClFN8O5S/c1-5-62-48(60)41-25-36-24-33(6-13-40(36)63-29-38-14-15-52-49(55-38)59-22-23-61-28-31(59)2)26-58(21-20-57-18-16-56(4)17-19-57)27-35-9-12-39(32(3)44(35)50)42-43-46(64-41)53-30-54-47(43)65-45(42)34-7-10-37(51)11-8-34/h6-15,24,30-31,41H,5,16-23,25-29H2,1-4H3/t31-,41-/m1/s1. The van der Waals surface area contributed by atoms with Crippen LogP contribution < -0.4 is 14.4 Å². The summed E-state index contributed by atoms with van der Waals surface area (Å²) in [5.74, 6) is 0.572. The van der Waals surface area contributed by atoms with E-state index in [9.17, 15) is 9.18 Å². The van der Waals surface area contributed by atoms with Crippen LogP contribution in [0, 0.1) is 12.7 Å². The number of carbonyl (C=O) groups excluding carboxylic acids is 1. The summed E-state index contributed by atoms with van der Waals surface area (Å²) in [5, 5.41) is 1.28. The Bertz CT molecular complexity index is 2640. The summed E-state index contributed by atoms with van der Waals surface area (Å²) in [6, 6.07) is 18.8. The molecule has 2 saturated heterocycles. The first-order chi connectivity index (χ1) is 31.6. The van der Waals surface area contributed by atoms with Crippen molar-refractivity contribution in [3.05, 3.63) is 112 Å². The molecule has 0 amide bonds. The second-order valence-corrected chi connectivity index (χ2v) is 18.4. The number of thiophene rings is 1. The van der Waals surface area contributed by atoms with Crippen LogP contribution in [0.25, 0.3) is 31.8 Å². The van der Waals surface area contributed by atoms with Crippen LogP contribution in [-0.2, 0) is 40.4 Å². The summed E-state index contributed by atoms with van der Waals surface area (Å²) in [4.78, 5) is 43.9. The van der Waals surface area contributed by atoms with Gasteiger partial charge in [-0.25, -0.2) is 29.1 Å². The molecule has 2 atom stereocenters. The van der Waals surface area contributed by atoms with Crippen molar-refractivity contribution in [2.75, 3.05) is 77.6 Å². The van der Waals surface area contributed by atoms with Crippen LogP contribution in [0.3, 0.4) is 0 Å². The van der Waals surface area contributed by atoms with Crippen molar-refractivity contribution in [1.29, 1.82) is 0 Å². The highest BCUT2D eigenvalue weighted by atomic mass is 35.5. The Hall–Kier alpha value is -5.29. The van der Waals surface area contributed by atoms with Gasteiger partial charge in [0.05, 0.1) is 36.9 Å². The van der Waals surface area contributed by atoms with E-state index in [0.717, 1.165) is 88.8 Å². The molecule has 4 aliphatic heterocycles. The van der Waals surface area contributed by atoms with Crippen molar-refractivity contribution in [2.45, 2.75) is 59.0 Å². The minimum atomic E-state index is -1.12. The molecule has 0 spiro atoms. The Morgan fingerprint density at radius 2 is 1.77 bits per heavy atom. The van der Waals surface area contributed by atoms with Gasteiger partial charge in [-0.05, 0) is 85.5 Å². The van der Waals surface area contributed by atoms with E-state index < -0.39 is 12.1 Å². The molecule has 4 bridgehead atoms. The van der Waals surface area contributed by atoms with E-state index in [1.165, 1.54) is 29.8 Å². The molecule has 65 heavy (non-hydrogen) atoms. The number of fused-ring (bicyclic) bond motifs is 6. The zero-order chi connectivity index (χ0) is 45.0. The van der Waals surface area contributed by atoms with Gasteiger partial charge in [0.2, 0.25) is 17.9 Å². The van der Waals surface area contributed by atoms with Gasteiger partial charge in [-0.2, -0.15) is 0 Å². The topological polar surface area (TPSA) is 119 Å². The highest BCUT2D eigenvalue weighted by Gasteiger charge is 2.30. The number of piperazine rings is 1. The molecule has 0 saturated carbocycles. The summed E-state index contributed by atoms with van der Waals surface area (Å²) >= 11 is 8.88. The first-order valence-electron chi connectivity index (χ1n) is 22.3. The van der Waals surface area contributed by atoms with Crippen molar-refractivity contribution in [2.24, 2.45) is 0 Å². The van der Waals surface area contributed by atoms with E-state index in [1.807, 2.05) is 19.1 Å². The van der Waals surface area contributed by atoms with Crippen LogP contribution in [0.5, 0.6) is 11.6 Å². The third-order valence-electron chi connectivity index (χ3n) is 12.5. The zero-order valence-electron chi connectivity index (χ0n) is 37.3. The summed E-state index contributed by atoms with van der Waals surface area (Å²) in [6.07, 6.45) is 2.20. The SMILES string of the molecule is CCOC(=O)[C@H]1Cc2cc(ccc2OCc2ccnc(N3CCOC[C@H]3C)n2)CN(CCN2CCN(C)CC2)Cc2ccc(c(C)c2Cl)-c2c(-c3ccc(F)cc3)sc3ncnc(c23)O1. The molecule has 0 unspecified atom stereocenters. The van der Waals surface area contributed by atoms with Crippen LogP contribution in [0.4, 0.5) is 10.3 Å². The predicted octanol–water partition coefficient (Wildman–Crippen LogP) is 7.84. The molecule has 6 aromatic rings. The first-order valence-corrected chi connectivity index (χ1v) is 23.5. The molecule has 2 fully saturated rings. The molecular weight excluding hydrogens is 867 g/mol. The second-order valence-electron chi connectivity index (χ2n) is 17.0. The number of carbonyl (C=O) groups is 1. The number of halogens is 2. The molecule has 0 radical (unpaired) electrons. The summed E-state index contributed by atoms with van der Waals surface area (Å²) in [5.41, 5.74) is 6.88. The number of rotatable bonds is 10. The van der Waals surface area contributed by atoms with Crippen molar-refractivity contribution in [3.63, 3.8) is 0 Å². The van der Waals surface area contributed by atoms with E-state index in [4.69, 9.17) is 40.5 Å². The molecule has 4 aliphatic rings. The lowest BCUT2D eigenvalue weighted by molar-refractivity contribution is -0.151. The number of likely N-dealkylation sites (N-methyl/N-ethyl adjacent to an activating group) is 1. The van der Waals surface area contributed by atoms with E-state index in [1.54, 1.807) is 25.3 Å². The first kappa shape index (κ1) is 44.9. The number of nitrogens with zero attached hydrogens (tertiary/aromatic N) is 8. The Balaban J connectivity index is 1.15. The minimum Gasteiger partial charge on any atom is -0.487 e. The van der Waals surface area contributed by atoms with Gasteiger partial charge in [-0.3, -0.25) is 9.80 Å². The Morgan fingerprint density at radius 1 is 0.954 bits per heavy atom. The zero-order valence-corrected chi connectivity index (χ0v) is 38.8. The van der Waals surface area contributed by atoms with Crippen molar-refractivity contribution in [1.82, 2.24) is 34.6 Å². The molecule has 0 aliphatic carbocycles. The summed E-state index contributed by atoms with van der Waals surface area (Å²) < 4.78 is 39.1. The van der Waals surface area contributed by atoms with Gasteiger partial charge in [0.15, 0.2) is 0 Å². The van der Waals surface area contributed by atoms with Crippen LogP contribution >= 0.6 is 22.9 Å². The number of esters is 1. The van der Waals surface area contributed by atoms with Crippen molar-refractivity contribution >= 4 is 45.1 Å². The molecule has 3 aromatic carbocycles. The molecule has 13 nitrogen and oxygen atoms in total. The molecule has 10 rings (SSSR count). The Labute approximate surface area is 388 Å². The number of ether oxygens (including phenoxy) is 4. The number of hydrogen-bond donors (Lipinski definition) is 0. The van der Waals surface area contributed by atoms with E-state index >= 15 is 0 Å². The van der Waals surface area contributed by atoms with Crippen molar-refractivity contribution in [3.8, 4) is 33.2 Å². The maximum absolute atomic E-state index is 14.3. The van der Waals surface area contributed by atoms with Crippen LogP contribution in [0.15, 0.2) is 73.2 Å². The Kier molecular flexibility index (Phi) is 13.9. The van der Waals surface area contributed by atoms with Gasteiger partial charge in [-0.15, -0.1) is 11.3 Å². The van der Waals surface area contributed by atoms with Gasteiger partial charge >= 0.3 is 5.97 Å². The average Bonchev–Trinajstić information content (AvgIpc) is 3.70. The minimum absolute atomic E-state index is 0.123. The molecule has 3 aromatic heterocycles.